The molecule has 17 heavy (non-hydrogen) atoms. The first-order valence-corrected chi connectivity index (χ1v) is 5.95. The van der Waals surface area contributed by atoms with Gasteiger partial charge in [-0.15, -0.1) is 0 Å². The van der Waals surface area contributed by atoms with Crippen molar-refractivity contribution in [1.29, 1.82) is 0 Å². The summed E-state index contributed by atoms with van der Waals surface area (Å²) in [5.74, 6) is 0. The quantitative estimate of drug-likeness (QED) is 0.699. The van der Waals surface area contributed by atoms with E-state index >= 15 is 0 Å². The minimum atomic E-state index is 0.445. The average Bonchev–Trinajstić information content (AvgIpc) is 2.32. The molecule has 0 aromatic heterocycles. The molecule has 0 fully saturated rings. The van der Waals surface area contributed by atoms with Crippen LogP contribution in [0.2, 0.25) is 15.1 Å². The number of carbonyl (C=O) groups is 1. The minimum absolute atomic E-state index is 0.445. The Morgan fingerprint density at radius 1 is 0.882 bits per heavy atom. The zero-order valence-corrected chi connectivity index (χ0v) is 10.9. The largest absolute Gasteiger partial charge is 0.298 e. The second kappa shape index (κ2) is 5.09. The summed E-state index contributed by atoms with van der Waals surface area (Å²) in [4.78, 5) is 11.0. The van der Waals surface area contributed by atoms with Gasteiger partial charge in [0.1, 0.15) is 0 Å². The van der Waals surface area contributed by atoms with Gasteiger partial charge in [0.15, 0.2) is 6.29 Å². The zero-order valence-electron chi connectivity index (χ0n) is 8.58. The number of hydrogen-bond acceptors (Lipinski definition) is 1. The summed E-state index contributed by atoms with van der Waals surface area (Å²) in [6, 6.07) is 10.3. The number of rotatable bonds is 2. The van der Waals surface area contributed by atoms with Crippen molar-refractivity contribution in [2.24, 2.45) is 0 Å². The molecule has 0 atom stereocenters. The molecule has 0 amide bonds. The van der Waals surface area contributed by atoms with Gasteiger partial charge < -0.3 is 0 Å². The first kappa shape index (κ1) is 12.4. The van der Waals surface area contributed by atoms with Crippen LogP contribution in [-0.2, 0) is 0 Å². The van der Waals surface area contributed by atoms with E-state index < -0.39 is 0 Å². The van der Waals surface area contributed by atoms with Crippen LogP contribution in [0, 0.1) is 0 Å². The Morgan fingerprint density at radius 3 is 2.29 bits per heavy atom. The van der Waals surface area contributed by atoms with Crippen molar-refractivity contribution in [3.8, 4) is 11.1 Å². The van der Waals surface area contributed by atoms with Crippen LogP contribution in [0.5, 0.6) is 0 Å². The monoisotopic (exact) mass is 284 g/mol. The average molecular weight is 286 g/mol. The van der Waals surface area contributed by atoms with Crippen LogP contribution < -0.4 is 0 Å². The van der Waals surface area contributed by atoms with Gasteiger partial charge in [0.05, 0.1) is 10.0 Å². The van der Waals surface area contributed by atoms with E-state index in [-0.39, 0.29) is 0 Å². The number of carbonyl (C=O) groups excluding carboxylic acids is 1. The van der Waals surface area contributed by atoms with E-state index in [0.717, 1.165) is 17.4 Å². The molecule has 86 valence electrons. The molecule has 0 aliphatic heterocycles. The Morgan fingerprint density at radius 2 is 1.65 bits per heavy atom. The van der Waals surface area contributed by atoms with E-state index in [1.807, 2.05) is 0 Å². The molecule has 0 aliphatic rings. The third-order valence-electron chi connectivity index (χ3n) is 2.37. The summed E-state index contributed by atoms with van der Waals surface area (Å²) in [6.45, 7) is 0. The Hall–Kier alpha value is -1.02. The predicted molar refractivity (Wildman–Crippen MR) is 72.3 cm³/mol. The van der Waals surface area contributed by atoms with Gasteiger partial charge in [-0.05, 0) is 41.5 Å². The number of hydrogen-bond donors (Lipinski definition) is 0. The molecule has 0 N–H and O–H groups in total. The topological polar surface area (TPSA) is 17.1 Å². The molecular formula is C13H7Cl3O. The van der Waals surface area contributed by atoms with Crippen molar-refractivity contribution in [2.75, 3.05) is 0 Å². The maximum absolute atomic E-state index is 11.0. The van der Waals surface area contributed by atoms with Crippen LogP contribution in [0.3, 0.4) is 0 Å². The zero-order chi connectivity index (χ0) is 12.4. The summed E-state index contributed by atoms with van der Waals surface area (Å²) < 4.78 is 0. The number of aldehydes is 1. The minimum Gasteiger partial charge on any atom is -0.298 e. The van der Waals surface area contributed by atoms with Crippen LogP contribution in [0.1, 0.15) is 10.4 Å². The van der Waals surface area contributed by atoms with E-state index in [1.54, 1.807) is 36.4 Å². The molecule has 0 aliphatic carbocycles. The maximum atomic E-state index is 11.0. The molecule has 0 spiro atoms. The molecule has 1 nitrogen and oxygen atoms in total. The second-order valence-electron chi connectivity index (χ2n) is 3.48. The Kier molecular flexibility index (Phi) is 3.72. The van der Waals surface area contributed by atoms with Crippen molar-refractivity contribution in [1.82, 2.24) is 0 Å². The second-order valence-corrected chi connectivity index (χ2v) is 4.73. The molecule has 0 bridgehead atoms. The molecule has 0 heterocycles. The lowest BCUT2D eigenvalue weighted by Gasteiger charge is -2.07. The van der Waals surface area contributed by atoms with E-state index in [4.69, 9.17) is 34.8 Å². The summed E-state index contributed by atoms with van der Waals surface area (Å²) in [7, 11) is 0. The predicted octanol–water partition coefficient (Wildman–Crippen LogP) is 5.13. The first-order valence-electron chi connectivity index (χ1n) is 4.82. The normalized spacial score (nSPS) is 10.3. The third-order valence-corrected chi connectivity index (χ3v) is 3.35. The lowest BCUT2D eigenvalue weighted by molar-refractivity contribution is 0.112. The highest BCUT2D eigenvalue weighted by atomic mass is 35.5. The SMILES string of the molecule is O=Cc1ccc(Cl)cc1-c1ccc(Cl)c(Cl)c1. The van der Waals surface area contributed by atoms with Crippen LogP contribution in [-0.4, -0.2) is 6.29 Å². The summed E-state index contributed by atoms with van der Waals surface area (Å²) in [5.41, 5.74) is 2.11. The van der Waals surface area contributed by atoms with E-state index in [2.05, 4.69) is 0 Å². The molecule has 2 aromatic carbocycles. The number of benzene rings is 2. The lowest BCUT2D eigenvalue weighted by atomic mass is 10.0. The van der Waals surface area contributed by atoms with Gasteiger partial charge in [0.25, 0.3) is 0 Å². The highest BCUT2D eigenvalue weighted by molar-refractivity contribution is 6.42. The Balaban J connectivity index is 2.62. The highest BCUT2D eigenvalue weighted by Gasteiger charge is 2.07. The summed E-state index contributed by atoms with van der Waals surface area (Å²) in [6.07, 6.45) is 0.786. The fourth-order valence-corrected chi connectivity index (χ4v) is 2.02. The van der Waals surface area contributed by atoms with Crippen molar-refractivity contribution in [2.45, 2.75) is 0 Å². The lowest BCUT2D eigenvalue weighted by Crippen LogP contribution is -1.87. The molecule has 2 aromatic rings. The molecule has 0 radical (unpaired) electrons. The number of halogens is 3. The van der Waals surface area contributed by atoms with Gasteiger partial charge in [-0.3, -0.25) is 4.79 Å². The Labute approximate surface area is 114 Å². The highest BCUT2D eigenvalue weighted by Crippen LogP contribution is 2.31. The fraction of sp³-hybridized carbons (Fsp3) is 0. The van der Waals surface area contributed by atoms with Crippen LogP contribution in [0.4, 0.5) is 0 Å². The van der Waals surface area contributed by atoms with Crippen molar-refractivity contribution >= 4 is 41.1 Å². The molecule has 0 unspecified atom stereocenters. The van der Waals surface area contributed by atoms with Crippen molar-refractivity contribution < 1.29 is 4.79 Å². The van der Waals surface area contributed by atoms with Gasteiger partial charge in [-0.2, -0.15) is 0 Å². The fourth-order valence-electron chi connectivity index (χ4n) is 1.54. The van der Waals surface area contributed by atoms with Gasteiger partial charge in [-0.1, -0.05) is 40.9 Å². The van der Waals surface area contributed by atoms with Gasteiger partial charge >= 0.3 is 0 Å². The Bertz CT molecular complexity index is 579. The molecule has 0 saturated carbocycles. The van der Waals surface area contributed by atoms with Gasteiger partial charge in [-0.25, -0.2) is 0 Å². The molecule has 4 heteroatoms. The van der Waals surface area contributed by atoms with E-state index in [9.17, 15) is 4.79 Å². The van der Waals surface area contributed by atoms with Gasteiger partial charge in [0, 0.05) is 10.6 Å². The third kappa shape index (κ3) is 2.63. The van der Waals surface area contributed by atoms with Crippen molar-refractivity contribution in [3.63, 3.8) is 0 Å². The van der Waals surface area contributed by atoms with Gasteiger partial charge in [0.2, 0.25) is 0 Å². The smallest absolute Gasteiger partial charge is 0.150 e. The molecular weight excluding hydrogens is 279 g/mol. The first-order chi connectivity index (χ1) is 8.11. The van der Waals surface area contributed by atoms with E-state index in [1.165, 1.54) is 0 Å². The van der Waals surface area contributed by atoms with Crippen LogP contribution in [0.15, 0.2) is 36.4 Å². The standard InChI is InChI=1S/C13H7Cl3O/c14-10-3-1-9(7-17)11(6-10)8-2-4-12(15)13(16)5-8/h1-7H. The van der Waals surface area contributed by atoms with Crippen LogP contribution in [0.25, 0.3) is 11.1 Å². The van der Waals surface area contributed by atoms with Crippen LogP contribution >= 0.6 is 34.8 Å². The molecule has 0 saturated heterocycles. The molecule has 2 rings (SSSR count). The van der Waals surface area contributed by atoms with E-state index in [0.29, 0.717) is 20.6 Å². The van der Waals surface area contributed by atoms with Crippen molar-refractivity contribution in [3.05, 3.63) is 57.0 Å². The summed E-state index contributed by atoms with van der Waals surface area (Å²) in [5, 5.41) is 1.49. The summed E-state index contributed by atoms with van der Waals surface area (Å²) >= 11 is 17.7. The maximum Gasteiger partial charge on any atom is 0.150 e.